The first-order valence-corrected chi connectivity index (χ1v) is 11.1. The highest BCUT2D eigenvalue weighted by molar-refractivity contribution is 6.05. The summed E-state index contributed by atoms with van der Waals surface area (Å²) >= 11 is 0. The van der Waals surface area contributed by atoms with Crippen molar-refractivity contribution in [3.63, 3.8) is 0 Å². The topological polar surface area (TPSA) is 131 Å². The molecule has 1 heterocycles. The zero-order valence-electron chi connectivity index (χ0n) is 20.9. The molecule has 0 bridgehead atoms. The van der Waals surface area contributed by atoms with Gasteiger partial charge >= 0.3 is 0 Å². The van der Waals surface area contributed by atoms with E-state index in [9.17, 15) is 14.4 Å². The lowest BCUT2D eigenvalue weighted by atomic mass is 9.99. The molecule has 0 saturated heterocycles. The summed E-state index contributed by atoms with van der Waals surface area (Å²) in [5, 5.41) is 19.2. The first-order chi connectivity index (χ1) is 17.4. The number of aliphatic hydroxyl groups is 1. The van der Waals surface area contributed by atoms with Gasteiger partial charge in [-0.1, -0.05) is 25.6 Å². The van der Waals surface area contributed by atoms with E-state index in [-0.39, 0.29) is 16.2 Å². The standard InChI is InChI=1S/C15H14N2O2.C11H19FN2O3.FH/c1-19-13-5-4-12(10-18)14(8-13)15(16)7-11-3-2-6-17-9-11;1-3-5-11(17-12)10(15)6-8-14(4-2)16-9-7-13;/h2-6,8-10,16H,7H2,1H3;3,5-6,15H,1,4,7-9,13H2,2H3;1H/b;10-6+,11-5+;. The fraction of sp³-hybridized carbons (Fsp3) is 0.269. The number of nitrogens with one attached hydrogen (secondary N) is 1. The minimum absolute atomic E-state index is 0. The first kappa shape index (κ1) is 33.1. The Morgan fingerprint density at radius 2 is 2.11 bits per heavy atom. The maximum Gasteiger partial charge on any atom is 0.213 e. The molecule has 1 aromatic carbocycles. The van der Waals surface area contributed by atoms with Crippen molar-refractivity contribution in [1.29, 1.82) is 5.41 Å². The number of likely N-dealkylation sites (N-methyl/N-ethyl adjacent to an activating group) is 1. The zero-order chi connectivity index (χ0) is 26.8. The normalized spacial score (nSPS) is 11.1. The monoisotopic (exact) mass is 520 g/mol. The number of hydroxylamine groups is 2. The lowest BCUT2D eigenvalue weighted by Crippen LogP contribution is -2.27. The first-order valence-electron chi connectivity index (χ1n) is 11.1. The summed E-state index contributed by atoms with van der Waals surface area (Å²) in [7, 11) is 1.56. The van der Waals surface area contributed by atoms with Crippen LogP contribution in [0.1, 0.15) is 28.4 Å². The Balaban J connectivity index is 0.000000688. The molecule has 0 unspecified atom stereocenters. The van der Waals surface area contributed by atoms with Crippen molar-refractivity contribution >= 4 is 12.0 Å². The summed E-state index contributed by atoms with van der Waals surface area (Å²) in [6, 6.07) is 8.82. The van der Waals surface area contributed by atoms with Gasteiger partial charge in [-0.15, -0.1) is 0 Å². The van der Waals surface area contributed by atoms with Gasteiger partial charge in [0.2, 0.25) is 5.76 Å². The predicted molar refractivity (Wildman–Crippen MR) is 139 cm³/mol. The van der Waals surface area contributed by atoms with Crippen LogP contribution in [0, 0.1) is 5.41 Å². The Morgan fingerprint density at radius 1 is 1.35 bits per heavy atom. The maximum atomic E-state index is 12.0. The number of carbonyl (C=O) groups excluding carboxylic acids is 1. The summed E-state index contributed by atoms with van der Waals surface area (Å²) in [5.74, 6) is 0.0219. The molecule has 2 aromatic rings. The second-order valence-corrected chi connectivity index (χ2v) is 7.12. The number of benzene rings is 1. The van der Waals surface area contributed by atoms with Crippen LogP contribution in [0.5, 0.6) is 5.75 Å². The van der Waals surface area contributed by atoms with Crippen molar-refractivity contribution in [3.8, 4) is 5.75 Å². The molecule has 0 atom stereocenters. The fourth-order valence-corrected chi connectivity index (χ4v) is 2.83. The highest BCUT2D eigenvalue weighted by Crippen LogP contribution is 2.18. The molecule has 0 fully saturated rings. The van der Waals surface area contributed by atoms with E-state index in [1.807, 2.05) is 19.1 Å². The van der Waals surface area contributed by atoms with E-state index in [2.05, 4.69) is 16.5 Å². The van der Waals surface area contributed by atoms with Gasteiger partial charge < -0.3 is 21.0 Å². The third-order valence-corrected chi connectivity index (χ3v) is 4.65. The molecule has 0 saturated carbocycles. The molecule has 1 aromatic heterocycles. The van der Waals surface area contributed by atoms with Gasteiger partial charge in [0.05, 0.1) is 13.7 Å². The van der Waals surface area contributed by atoms with E-state index in [1.54, 1.807) is 42.8 Å². The fourth-order valence-electron chi connectivity index (χ4n) is 2.83. The van der Waals surface area contributed by atoms with Gasteiger partial charge in [-0.05, 0) is 42.0 Å². The Morgan fingerprint density at radius 3 is 2.65 bits per heavy atom. The van der Waals surface area contributed by atoms with E-state index in [4.69, 9.17) is 20.7 Å². The molecule has 202 valence electrons. The summed E-state index contributed by atoms with van der Waals surface area (Å²) in [4.78, 5) is 23.8. The van der Waals surface area contributed by atoms with Crippen LogP contribution in [0.15, 0.2) is 79.1 Å². The number of aldehydes is 1. The minimum atomic E-state index is -0.317. The predicted octanol–water partition coefficient (Wildman–Crippen LogP) is 4.28. The molecule has 2 rings (SSSR count). The molecule has 0 aliphatic heterocycles. The minimum Gasteiger partial charge on any atom is -0.504 e. The van der Waals surface area contributed by atoms with Crippen molar-refractivity contribution in [2.75, 3.05) is 33.4 Å². The summed E-state index contributed by atoms with van der Waals surface area (Å²) in [5.41, 5.74) is 7.69. The van der Waals surface area contributed by atoms with Crippen LogP contribution < -0.4 is 10.5 Å². The number of carbonyl (C=O) groups is 1. The van der Waals surface area contributed by atoms with Gasteiger partial charge in [0.15, 0.2) is 12.0 Å². The number of hydrogen-bond donors (Lipinski definition) is 3. The highest BCUT2D eigenvalue weighted by atomic mass is 19.3. The van der Waals surface area contributed by atoms with Crippen molar-refractivity contribution < 1.29 is 33.6 Å². The van der Waals surface area contributed by atoms with Crippen LogP contribution in [0.2, 0.25) is 0 Å². The number of pyridine rings is 1. The Bertz CT molecular complexity index is 1030. The van der Waals surface area contributed by atoms with Crippen molar-refractivity contribution in [3.05, 3.63) is 95.7 Å². The molecule has 0 radical (unpaired) electrons. The third-order valence-electron chi connectivity index (χ3n) is 4.65. The quantitative estimate of drug-likeness (QED) is 0.111. The molecule has 0 amide bonds. The molecule has 9 nitrogen and oxygen atoms in total. The Labute approximate surface area is 215 Å². The number of nitrogens with two attached hydrogens (primary N) is 1. The lowest BCUT2D eigenvalue weighted by Gasteiger charge is -2.17. The van der Waals surface area contributed by atoms with Crippen molar-refractivity contribution in [1.82, 2.24) is 10.0 Å². The van der Waals surface area contributed by atoms with E-state index in [1.165, 1.54) is 18.2 Å². The average molecular weight is 521 g/mol. The van der Waals surface area contributed by atoms with Crippen LogP contribution in [0.3, 0.4) is 0 Å². The van der Waals surface area contributed by atoms with Gasteiger partial charge in [0.1, 0.15) is 5.75 Å². The van der Waals surface area contributed by atoms with Crippen LogP contribution in [-0.4, -0.2) is 60.5 Å². The molecule has 0 aliphatic carbocycles. The molecule has 11 heteroatoms. The maximum absolute atomic E-state index is 12.0. The number of aliphatic hydroxyl groups excluding tert-OH is 1. The van der Waals surface area contributed by atoms with Crippen LogP contribution >= 0.6 is 0 Å². The number of rotatable bonds is 14. The second-order valence-electron chi connectivity index (χ2n) is 7.12. The molecule has 0 spiro atoms. The average Bonchev–Trinajstić information content (AvgIpc) is 2.92. The Hall–Kier alpha value is -3.93. The van der Waals surface area contributed by atoms with Gasteiger partial charge in [0, 0.05) is 59.8 Å². The summed E-state index contributed by atoms with van der Waals surface area (Å²) in [6.07, 6.45) is 8.48. The van der Waals surface area contributed by atoms with Crippen LogP contribution in [0.25, 0.3) is 0 Å². The van der Waals surface area contributed by atoms with Crippen molar-refractivity contribution in [2.24, 2.45) is 5.73 Å². The number of hydrogen-bond acceptors (Lipinski definition) is 9. The van der Waals surface area contributed by atoms with E-state index in [0.717, 1.165) is 11.8 Å². The molecular formula is C26H34F2N4O5. The number of aromatic nitrogens is 1. The van der Waals surface area contributed by atoms with E-state index >= 15 is 0 Å². The largest absolute Gasteiger partial charge is 0.504 e. The lowest BCUT2D eigenvalue weighted by molar-refractivity contribution is -0.145. The van der Waals surface area contributed by atoms with Gasteiger partial charge in [0.25, 0.3) is 0 Å². The van der Waals surface area contributed by atoms with E-state index in [0.29, 0.717) is 55.3 Å². The number of methoxy groups -OCH3 is 1. The van der Waals surface area contributed by atoms with Crippen LogP contribution in [0.4, 0.5) is 9.23 Å². The van der Waals surface area contributed by atoms with Crippen molar-refractivity contribution in [2.45, 2.75) is 13.3 Å². The third kappa shape index (κ3) is 12.0. The smallest absolute Gasteiger partial charge is 0.213 e. The highest BCUT2D eigenvalue weighted by Gasteiger charge is 2.10. The Kier molecular flexibility index (Phi) is 17.2. The SMILES string of the molecule is C=C/C=C(OF)\C(O)=C/CN(CC)OCCN.COc1ccc(C=O)c(C(=N)Cc2cccnc2)c1.F. The van der Waals surface area contributed by atoms with Gasteiger partial charge in [-0.25, -0.2) is 0 Å². The van der Waals surface area contributed by atoms with Gasteiger partial charge in [-0.2, -0.15) is 5.06 Å². The molecular weight excluding hydrogens is 486 g/mol. The number of halogens is 2. The molecule has 0 aliphatic rings. The molecule has 37 heavy (non-hydrogen) atoms. The zero-order valence-corrected chi connectivity index (χ0v) is 20.9. The number of allylic oxidation sites excluding steroid dienone is 2. The molecule has 4 N–H and O–H groups in total. The number of nitrogens with zero attached hydrogens (tertiary/aromatic N) is 2. The van der Waals surface area contributed by atoms with Crippen LogP contribution in [-0.2, 0) is 16.2 Å². The summed E-state index contributed by atoms with van der Waals surface area (Å²) in [6.45, 7) is 6.95. The van der Waals surface area contributed by atoms with Gasteiger partial charge in [-0.3, -0.25) is 24.3 Å². The number of ether oxygens (including phenoxy) is 1. The second kappa shape index (κ2) is 19.3. The summed E-state index contributed by atoms with van der Waals surface area (Å²) < 4.78 is 17.2. The van der Waals surface area contributed by atoms with E-state index < -0.39 is 0 Å².